The molecule has 3 N–H and O–H groups in total. The van der Waals surface area contributed by atoms with Crippen molar-refractivity contribution in [2.45, 2.75) is 30.8 Å². The van der Waals surface area contributed by atoms with Crippen LogP contribution >= 0.6 is 0 Å². The minimum Gasteiger partial charge on any atom is -0.480 e. The number of nitrogens with one attached hydrogen (secondary N) is 1. The maximum atomic E-state index is 13.7. The van der Waals surface area contributed by atoms with E-state index in [1.54, 1.807) is 54.6 Å². The second-order valence-corrected chi connectivity index (χ2v) is 9.93. The summed E-state index contributed by atoms with van der Waals surface area (Å²) < 4.78 is 5.77. The molecule has 0 heterocycles. The number of fused-ring (bicyclic) bond motifs is 3. The summed E-state index contributed by atoms with van der Waals surface area (Å²) in [6.45, 7) is -0.0425. The fraction of sp³-hybridized carbons (Fsp3) is 0.182. The van der Waals surface area contributed by atoms with Crippen molar-refractivity contribution in [3.05, 3.63) is 131 Å². The van der Waals surface area contributed by atoms with Gasteiger partial charge >= 0.3 is 18.0 Å². The fourth-order valence-corrected chi connectivity index (χ4v) is 5.27. The van der Waals surface area contributed by atoms with Gasteiger partial charge in [0.1, 0.15) is 12.6 Å². The highest BCUT2D eigenvalue weighted by atomic mass is 16.6. The Labute approximate surface area is 237 Å². The van der Waals surface area contributed by atoms with Crippen LogP contribution in [0.15, 0.2) is 109 Å². The predicted octanol–water partition coefficient (Wildman–Crippen LogP) is 5.13. The molecule has 208 valence electrons. The van der Waals surface area contributed by atoms with Crippen LogP contribution < -0.4 is 5.43 Å². The number of carboxylic acid groups (broad SMARTS) is 2. The standard InChI is InChI=1S/C33H30N2O6/c36-31(37)29(19-22-11-3-1-4-12-22)34-35(30(32(38)39)20-23-13-5-2-6-14-23)33(40)41-21-28-26-17-9-7-15-24(26)25-16-8-10-18-27(25)28/h1-18,28-30,34H,19-21H2,(H,36,37)(H,38,39)/t29-,30-/m0/s1. The number of rotatable bonds is 11. The molecule has 4 aromatic carbocycles. The molecule has 0 saturated carbocycles. The molecule has 8 nitrogen and oxygen atoms in total. The molecule has 0 aromatic heterocycles. The summed E-state index contributed by atoms with van der Waals surface area (Å²) in [5, 5.41) is 21.0. The van der Waals surface area contributed by atoms with Gasteiger partial charge in [0.05, 0.1) is 0 Å². The van der Waals surface area contributed by atoms with Crippen molar-refractivity contribution in [3.8, 4) is 11.1 Å². The maximum absolute atomic E-state index is 13.7. The Morgan fingerprint density at radius 3 is 1.68 bits per heavy atom. The number of amides is 1. The number of benzene rings is 4. The first-order valence-electron chi connectivity index (χ1n) is 13.4. The van der Waals surface area contributed by atoms with Crippen molar-refractivity contribution in [3.63, 3.8) is 0 Å². The smallest absolute Gasteiger partial charge is 0.425 e. The molecule has 0 aliphatic heterocycles. The lowest BCUT2D eigenvalue weighted by Gasteiger charge is -2.31. The number of hydrazine groups is 1. The summed E-state index contributed by atoms with van der Waals surface area (Å²) in [5.41, 5.74) is 8.21. The third kappa shape index (κ3) is 6.28. The quantitative estimate of drug-likeness (QED) is 0.222. The molecule has 41 heavy (non-hydrogen) atoms. The highest BCUT2D eigenvalue weighted by Crippen LogP contribution is 2.44. The van der Waals surface area contributed by atoms with E-state index in [2.05, 4.69) is 5.43 Å². The first-order chi connectivity index (χ1) is 19.9. The van der Waals surface area contributed by atoms with Crippen LogP contribution in [0.3, 0.4) is 0 Å². The van der Waals surface area contributed by atoms with Crippen molar-refractivity contribution in [1.29, 1.82) is 0 Å². The summed E-state index contributed by atoms with van der Waals surface area (Å²) in [6, 6.07) is 30.8. The van der Waals surface area contributed by atoms with Gasteiger partial charge in [-0.05, 0) is 33.4 Å². The lowest BCUT2D eigenvalue weighted by molar-refractivity contribution is -0.148. The third-order valence-corrected chi connectivity index (χ3v) is 7.28. The molecule has 2 atom stereocenters. The largest absolute Gasteiger partial charge is 0.480 e. The number of hydrogen-bond donors (Lipinski definition) is 3. The summed E-state index contributed by atoms with van der Waals surface area (Å²) >= 11 is 0. The van der Waals surface area contributed by atoms with Gasteiger partial charge in [0.2, 0.25) is 0 Å². The van der Waals surface area contributed by atoms with Gasteiger partial charge < -0.3 is 14.9 Å². The summed E-state index contributed by atoms with van der Waals surface area (Å²) in [5.74, 6) is -2.77. The molecule has 0 fully saturated rings. The summed E-state index contributed by atoms with van der Waals surface area (Å²) in [6.07, 6.45) is -0.985. The highest BCUT2D eigenvalue weighted by Gasteiger charge is 2.36. The average molecular weight is 551 g/mol. The number of nitrogens with zero attached hydrogens (tertiary/aromatic N) is 1. The Morgan fingerprint density at radius 1 is 0.683 bits per heavy atom. The van der Waals surface area contributed by atoms with Crippen molar-refractivity contribution in [2.24, 2.45) is 0 Å². The zero-order valence-corrected chi connectivity index (χ0v) is 22.2. The number of aliphatic carboxylic acids is 2. The molecule has 1 aliphatic rings. The van der Waals surface area contributed by atoms with Gasteiger partial charge in [-0.25, -0.2) is 20.0 Å². The molecule has 5 rings (SSSR count). The molecule has 0 spiro atoms. The molecule has 0 radical (unpaired) electrons. The van der Waals surface area contributed by atoms with E-state index < -0.39 is 30.1 Å². The SMILES string of the molecule is O=C(O)[C@H](Cc1ccccc1)NN(C(=O)OCC1c2ccccc2-c2ccccc21)[C@@H](Cc1ccccc1)C(=O)O. The molecule has 4 aromatic rings. The third-order valence-electron chi connectivity index (χ3n) is 7.28. The normalized spacial score (nSPS) is 13.5. The Morgan fingerprint density at radius 2 is 1.17 bits per heavy atom. The van der Waals surface area contributed by atoms with Crippen LogP contribution in [0.2, 0.25) is 0 Å². The van der Waals surface area contributed by atoms with Crippen molar-refractivity contribution in [2.75, 3.05) is 6.61 Å². The summed E-state index contributed by atoms with van der Waals surface area (Å²) in [7, 11) is 0. The minimum atomic E-state index is -1.43. The van der Waals surface area contributed by atoms with Gasteiger partial charge in [0.25, 0.3) is 0 Å². The van der Waals surface area contributed by atoms with E-state index in [1.165, 1.54) is 0 Å². The first-order valence-corrected chi connectivity index (χ1v) is 13.4. The van der Waals surface area contributed by atoms with Crippen molar-refractivity contribution < 1.29 is 29.3 Å². The second kappa shape index (κ2) is 12.5. The van der Waals surface area contributed by atoms with E-state index in [0.717, 1.165) is 32.8 Å². The van der Waals surface area contributed by atoms with Crippen LogP contribution in [0.25, 0.3) is 11.1 Å². The monoisotopic (exact) mass is 550 g/mol. The zero-order chi connectivity index (χ0) is 28.8. The molecular formula is C33H30N2O6. The van der Waals surface area contributed by atoms with E-state index in [4.69, 9.17) is 4.74 Å². The number of ether oxygens (including phenoxy) is 1. The van der Waals surface area contributed by atoms with Crippen LogP contribution in [0, 0.1) is 0 Å². The van der Waals surface area contributed by atoms with E-state index in [9.17, 15) is 24.6 Å². The van der Waals surface area contributed by atoms with Gasteiger partial charge in [0, 0.05) is 18.8 Å². The Bertz CT molecular complexity index is 1480. The van der Waals surface area contributed by atoms with Gasteiger partial charge in [-0.1, -0.05) is 109 Å². The number of carboxylic acids is 2. The van der Waals surface area contributed by atoms with Crippen LogP contribution in [-0.2, 0) is 27.2 Å². The molecule has 1 amide bonds. The zero-order valence-electron chi connectivity index (χ0n) is 22.2. The van der Waals surface area contributed by atoms with Gasteiger partial charge in [0.15, 0.2) is 6.04 Å². The van der Waals surface area contributed by atoms with E-state index in [-0.39, 0.29) is 25.4 Å². The first kappa shape index (κ1) is 27.6. The molecule has 8 heteroatoms. The topological polar surface area (TPSA) is 116 Å². The minimum absolute atomic E-state index is 0.0288. The van der Waals surface area contributed by atoms with Crippen LogP contribution in [-0.4, -0.2) is 51.9 Å². The molecule has 0 unspecified atom stereocenters. The second-order valence-electron chi connectivity index (χ2n) is 9.93. The van der Waals surface area contributed by atoms with Crippen LogP contribution in [0.4, 0.5) is 4.79 Å². The molecular weight excluding hydrogens is 520 g/mol. The number of carbonyl (C=O) groups is 3. The van der Waals surface area contributed by atoms with Gasteiger partial charge in [-0.15, -0.1) is 0 Å². The number of hydrogen-bond acceptors (Lipinski definition) is 5. The fourth-order valence-electron chi connectivity index (χ4n) is 5.27. The van der Waals surface area contributed by atoms with Crippen molar-refractivity contribution >= 4 is 18.0 Å². The van der Waals surface area contributed by atoms with Gasteiger partial charge in [-0.2, -0.15) is 0 Å². The highest BCUT2D eigenvalue weighted by molar-refractivity contribution is 5.82. The van der Waals surface area contributed by atoms with E-state index in [0.29, 0.717) is 5.56 Å². The van der Waals surface area contributed by atoms with Crippen LogP contribution in [0.1, 0.15) is 28.2 Å². The number of carbonyl (C=O) groups excluding carboxylic acids is 1. The summed E-state index contributed by atoms with van der Waals surface area (Å²) in [4.78, 5) is 38.4. The molecule has 0 saturated heterocycles. The van der Waals surface area contributed by atoms with Crippen molar-refractivity contribution in [1.82, 2.24) is 10.4 Å². The lowest BCUT2D eigenvalue weighted by atomic mass is 9.98. The average Bonchev–Trinajstić information content (AvgIpc) is 3.31. The Balaban J connectivity index is 1.42. The molecule has 0 bridgehead atoms. The lowest BCUT2D eigenvalue weighted by Crippen LogP contribution is -2.59. The Kier molecular flexibility index (Phi) is 8.41. The molecule has 1 aliphatic carbocycles. The Hall–Kier alpha value is -4.95. The predicted molar refractivity (Wildman–Crippen MR) is 153 cm³/mol. The van der Waals surface area contributed by atoms with Gasteiger partial charge in [-0.3, -0.25) is 4.79 Å². The van der Waals surface area contributed by atoms with E-state index in [1.807, 2.05) is 54.6 Å². The van der Waals surface area contributed by atoms with Crippen LogP contribution in [0.5, 0.6) is 0 Å². The van der Waals surface area contributed by atoms with E-state index >= 15 is 0 Å². The maximum Gasteiger partial charge on any atom is 0.425 e.